The van der Waals surface area contributed by atoms with Gasteiger partial charge in [-0.15, -0.1) is 11.3 Å². The van der Waals surface area contributed by atoms with E-state index in [2.05, 4.69) is 5.32 Å². The summed E-state index contributed by atoms with van der Waals surface area (Å²) in [5.74, 6) is 0. The average Bonchev–Trinajstić information content (AvgIpc) is 2.98. The molecule has 0 spiro atoms. The lowest BCUT2D eigenvalue weighted by Crippen LogP contribution is -2.40. The number of ether oxygens (including phenoxy) is 1. The maximum absolute atomic E-state index is 12.5. The molecule has 1 aromatic rings. The molecule has 7 heteroatoms. The highest BCUT2D eigenvalue weighted by molar-refractivity contribution is 7.91. The average molecular weight is 304 g/mol. The van der Waals surface area contributed by atoms with Crippen LogP contribution in [-0.2, 0) is 21.3 Å². The molecule has 1 aliphatic rings. The van der Waals surface area contributed by atoms with Gasteiger partial charge in [0.15, 0.2) is 0 Å². The molecule has 1 N–H and O–H groups in total. The van der Waals surface area contributed by atoms with Crippen molar-refractivity contribution < 1.29 is 13.2 Å². The Morgan fingerprint density at radius 2 is 2.32 bits per heavy atom. The van der Waals surface area contributed by atoms with E-state index < -0.39 is 10.0 Å². The van der Waals surface area contributed by atoms with Gasteiger partial charge in [-0.05, 0) is 37.4 Å². The summed E-state index contributed by atoms with van der Waals surface area (Å²) >= 11 is 1.27. The van der Waals surface area contributed by atoms with Gasteiger partial charge in [0.2, 0.25) is 0 Å². The number of nitrogens with zero attached hydrogens (tertiary/aromatic N) is 1. The van der Waals surface area contributed by atoms with Crippen molar-refractivity contribution in [2.75, 3.05) is 20.7 Å². The summed E-state index contributed by atoms with van der Waals surface area (Å²) in [6.45, 7) is 3.23. The van der Waals surface area contributed by atoms with Crippen LogP contribution in [0.1, 0.15) is 18.9 Å². The SMILES string of the molecule is CNCc1csc(S(=O)(=O)N(C)C2CCOC2C)c1. The second-order valence-corrected chi connectivity index (χ2v) is 7.89. The quantitative estimate of drug-likeness (QED) is 0.890. The van der Waals surface area contributed by atoms with E-state index in [-0.39, 0.29) is 12.1 Å². The zero-order valence-corrected chi connectivity index (χ0v) is 13.1. The molecule has 2 unspecified atom stereocenters. The van der Waals surface area contributed by atoms with Crippen molar-refractivity contribution in [2.24, 2.45) is 0 Å². The molecule has 1 aliphatic heterocycles. The van der Waals surface area contributed by atoms with E-state index in [9.17, 15) is 8.42 Å². The minimum Gasteiger partial charge on any atom is -0.377 e. The maximum atomic E-state index is 12.5. The molecular weight excluding hydrogens is 284 g/mol. The van der Waals surface area contributed by atoms with Crippen LogP contribution in [0.4, 0.5) is 0 Å². The van der Waals surface area contributed by atoms with Crippen molar-refractivity contribution in [1.82, 2.24) is 9.62 Å². The van der Waals surface area contributed by atoms with E-state index in [1.165, 1.54) is 15.6 Å². The first-order valence-corrected chi connectivity index (χ1v) is 8.60. The molecule has 1 fully saturated rings. The van der Waals surface area contributed by atoms with Gasteiger partial charge in [0.25, 0.3) is 10.0 Å². The highest BCUT2D eigenvalue weighted by atomic mass is 32.2. The number of rotatable bonds is 5. The van der Waals surface area contributed by atoms with E-state index in [0.29, 0.717) is 17.4 Å². The van der Waals surface area contributed by atoms with Gasteiger partial charge >= 0.3 is 0 Å². The number of hydrogen-bond acceptors (Lipinski definition) is 5. The molecule has 2 atom stereocenters. The standard InChI is InChI=1S/C12H20N2O3S2/c1-9-11(4-5-17-9)14(3)19(15,16)12-6-10(7-13-2)8-18-12/h6,8-9,11,13H,4-5,7H2,1-3H3. The predicted octanol–water partition coefficient (Wildman–Crippen LogP) is 1.27. The number of sulfonamides is 1. The van der Waals surface area contributed by atoms with Gasteiger partial charge in [-0.1, -0.05) is 0 Å². The van der Waals surface area contributed by atoms with Crippen LogP contribution in [0.25, 0.3) is 0 Å². The molecule has 0 aromatic carbocycles. The van der Waals surface area contributed by atoms with Crippen LogP contribution in [0.2, 0.25) is 0 Å². The number of likely N-dealkylation sites (N-methyl/N-ethyl adjacent to an activating group) is 1. The van der Waals surface area contributed by atoms with Crippen LogP contribution in [0.15, 0.2) is 15.7 Å². The van der Waals surface area contributed by atoms with Crippen molar-refractivity contribution in [3.8, 4) is 0 Å². The van der Waals surface area contributed by atoms with Crippen LogP contribution in [-0.4, -0.2) is 45.6 Å². The molecule has 19 heavy (non-hydrogen) atoms. The Labute approximate surface area is 118 Å². The molecule has 2 heterocycles. The number of hydrogen-bond donors (Lipinski definition) is 1. The summed E-state index contributed by atoms with van der Waals surface area (Å²) in [6.07, 6.45) is 0.711. The van der Waals surface area contributed by atoms with Crippen molar-refractivity contribution in [1.29, 1.82) is 0 Å². The molecule has 0 radical (unpaired) electrons. The zero-order valence-electron chi connectivity index (χ0n) is 11.4. The third kappa shape index (κ3) is 3.00. The van der Waals surface area contributed by atoms with Crippen LogP contribution < -0.4 is 5.32 Å². The monoisotopic (exact) mass is 304 g/mol. The summed E-state index contributed by atoms with van der Waals surface area (Å²) in [4.78, 5) is 0. The molecule has 5 nitrogen and oxygen atoms in total. The van der Waals surface area contributed by atoms with E-state index in [1.807, 2.05) is 19.4 Å². The summed E-state index contributed by atoms with van der Waals surface area (Å²) in [6, 6.07) is 1.67. The predicted molar refractivity (Wildman–Crippen MR) is 75.9 cm³/mol. The Balaban J connectivity index is 2.20. The van der Waals surface area contributed by atoms with Gasteiger partial charge in [0.1, 0.15) is 4.21 Å². The summed E-state index contributed by atoms with van der Waals surface area (Å²) in [5.41, 5.74) is 0.996. The Morgan fingerprint density at radius 3 is 2.89 bits per heavy atom. The van der Waals surface area contributed by atoms with E-state index in [4.69, 9.17) is 4.74 Å². The first-order valence-electron chi connectivity index (χ1n) is 6.28. The van der Waals surface area contributed by atoms with Gasteiger partial charge in [0.05, 0.1) is 12.1 Å². The number of nitrogens with one attached hydrogen (secondary N) is 1. The van der Waals surface area contributed by atoms with E-state index >= 15 is 0 Å². The smallest absolute Gasteiger partial charge is 0.252 e. The molecule has 108 valence electrons. The third-order valence-corrected chi connectivity index (χ3v) is 6.79. The van der Waals surface area contributed by atoms with Gasteiger partial charge in [-0.2, -0.15) is 4.31 Å². The Kier molecular flexibility index (Phi) is 4.62. The summed E-state index contributed by atoms with van der Waals surface area (Å²) < 4.78 is 32.4. The van der Waals surface area contributed by atoms with Gasteiger partial charge < -0.3 is 10.1 Å². The minimum absolute atomic E-state index is 0.0449. The van der Waals surface area contributed by atoms with Crippen LogP contribution >= 0.6 is 11.3 Å². The summed E-state index contributed by atoms with van der Waals surface area (Å²) in [7, 11) is 0.0756. The van der Waals surface area contributed by atoms with Crippen molar-refractivity contribution in [2.45, 2.75) is 36.2 Å². The van der Waals surface area contributed by atoms with Crippen molar-refractivity contribution >= 4 is 21.4 Å². The Morgan fingerprint density at radius 1 is 1.58 bits per heavy atom. The lowest BCUT2D eigenvalue weighted by Gasteiger charge is -2.25. The number of thiophene rings is 1. The van der Waals surface area contributed by atoms with Crippen LogP contribution in [0.5, 0.6) is 0 Å². The first-order chi connectivity index (χ1) is 8.96. The maximum Gasteiger partial charge on any atom is 0.252 e. The highest BCUT2D eigenvalue weighted by Gasteiger charge is 2.35. The highest BCUT2D eigenvalue weighted by Crippen LogP contribution is 2.28. The fourth-order valence-electron chi connectivity index (χ4n) is 2.30. The van der Waals surface area contributed by atoms with Crippen LogP contribution in [0.3, 0.4) is 0 Å². The lowest BCUT2D eigenvalue weighted by atomic mass is 10.2. The van der Waals surface area contributed by atoms with Gasteiger partial charge in [-0.3, -0.25) is 0 Å². The van der Waals surface area contributed by atoms with Crippen LogP contribution in [0, 0.1) is 0 Å². The zero-order chi connectivity index (χ0) is 14.0. The van der Waals surface area contributed by atoms with Crippen molar-refractivity contribution in [3.63, 3.8) is 0 Å². The molecule has 0 amide bonds. The molecule has 0 aliphatic carbocycles. The first kappa shape index (κ1) is 14.9. The Bertz CT molecular complexity index is 527. The molecule has 0 saturated carbocycles. The molecular formula is C12H20N2O3S2. The molecule has 1 saturated heterocycles. The topological polar surface area (TPSA) is 58.6 Å². The second kappa shape index (κ2) is 5.88. The molecule has 1 aromatic heterocycles. The van der Waals surface area contributed by atoms with E-state index in [1.54, 1.807) is 13.1 Å². The second-order valence-electron chi connectivity index (χ2n) is 4.76. The fraction of sp³-hybridized carbons (Fsp3) is 0.667. The Hall–Kier alpha value is -0.470. The normalized spacial score (nSPS) is 24.2. The minimum atomic E-state index is -3.41. The third-order valence-electron chi connectivity index (χ3n) is 3.45. The molecule has 2 rings (SSSR count). The lowest BCUT2D eigenvalue weighted by molar-refractivity contribution is 0.102. The summed E-state index contributed by atoms with van der Waals surface area (Å²) in [5, 5.41) is 4.90. The van der Waals surface area contributed by atoms with Crippen molar-refractivity contribution in [3.05, 3.63) is 17.0 Å². The molecule has 0 bridgehead atoms. The van der Waals surface area contributed by atoms with Gasteiger partial charge in [-0.25, -0.2) is 8.42 Å². The van der Waals surface area contributed by atoms with Gasteiger partial charge in [0, 0.05) is 20.2 Å². The largest absolute Gasteiger partial charge is 0.377 e. The van der Waals surface area contributed by atoms with E-state index in [0.717, 1.165) is 12.0 Å². The fourth-order valence-corrected chi connectivity index (χ4v) is 5.14.